The number of benzene rings is 1. The number of methoxy groups -OCH3 is 1. The fourth-order valence-electron chi connectivity index (χ4n) is 3.37. The van der Waals surface area contributed by atoms with Gasteiger partial charge in [0.15, 0.2) is 5.76 Å². The van der Waals surface area contributed by atoms with Crippen molar-refractivity contribution in [2.75, 3.05) is 13.7 Å². The Balaban J connectivity index is 1.78. The van der Waals surface area contributed by atoms with Gasteiger partial charge in [-0.15, -0.1) is 0 Å². The summed E-state index contributed by atoms with van der Waals surface area (Å²) in [7, 11) is 1.71. The fraction of sp³-hybridized carbons (Fsp3) is 0.500. The highest BCUT2D eigenvalue weighted by Crippen LogP contribution is 2.25. The molecule has 1 aliphatic heterocycles. The van der Waals surface area contributed by atoms with Crippen LogP contribution in [0.25, 0.3) is 11.3 Å². The SMILES string of the molecule is COC1=N[C@H](C)CN(Cc2cc(-c3ccc(Cl)cc3)on2)[C@H]1CC(C)C. The topological polar surface area (TPSA) is 50.9 Å². The van der Waals surface area contributed by atoms with E-state index in [2.05, 4.69) is 35.8 Å². The third-order valence-corrected chi connectivity index (χ3v) is 4.78. The zero-order valence-electron chi connectivity index (χ0n) is 15.8. The van der Waals surface area contributed by atoms with Gasteiger partial charge in [0.1, 0.15) is 0 Å². The van der Waals surface area contributed by atoms with Crippen molar-refractivity contribution >= 4 is 17.5 Å². The first-order chi connectivity index (χ1) is 12.5. The van der Waals surface area contributed by atoms with Gasteiger partial charge in [-0.2, -0.15) is 0 Å². The molecule has 3 rings (SSSR count). The van der Waals surface area contributed by atoms with Gasteiger partial charge in [-0.25, -0.2) is 4.99 Å². The van der Waals surface area contributed by atoms with E-state index in [0.717, 1.165) is 35.9 Å². The molecule has 2 aromatic rings. The smallest absolute Gasteiger partial charge is 0.201 e. The van der Waals surface area contributed by atoms with Gasteiger partial charge in [0, 0.05) is 29.7 Å². The van der Waals surface area contributed by atoms with Crippen molar-refractivity contribution in [3.05, 3.63) is 41.0 Å². The number of aliphatic imine (C=N–C) groups is 1. The van der Waals surface area contributed by atoms with Crippen LogP contribution >= 0.6 is 11.6 Å². The summed E-state index contributed by atoms with van der Waals surface area (Å²) in [6.07, 6.45) is 1.00. The molecule has 0 bridgehead atoms. The minimum atomic E-state index is 0.173. The maximum Gasteiger partial charge on any atom is 0.201 e. The van der Waals surface area contributed by atoms with E-state index in [4.69, 9.17) is 20.9 Å². The zero-order chi connectivity index (χ0) is 18.7. The van der Waals surface area contributed by atoms with E-state index in [0.29, 0.717) is 17.5 Å². The van der Waals surface area contributed by atoms with Crippen molar-refractivity contribution in [2.24, 2.45) is 10.9 Å². The molecule has 0 spiro atoms. The molecule has 0 radical (unpaired) electrons. The Kier molecular flexibility index (Phi) is 5.99. The van der Waals surface area contributed by atoms with Gasteiger partial charge in [0.05, 0.1) is 24.9 Å². The molecule has 0 fully saturated rings. The lowest BCUT2D eigenvalue weighted by atomic mass is 9.99. The van der Waals surface area contributed by atoms with Crippen LogP contribution in [0.2, 0.25) is 5.02 Å². The Morgan fingerprint density at radius 1 is 1.31 bits per heavy atom. The number of ether oxygens (including phenoxy) is 1. The molecule has 5 nitrogen and oxygen atoms in total. The summed E-state index contributed by atoms with van der Waals surface area (Å²) in [5, 5.41) is 4.98. The summed E-state index contributed by atoms with van der Waals surface area (Å²) in [6, 6.07) is 9.96. The van der Waals surface area contributed by atoms with Crippen LogP contribution in [-0.4, -0.2) is 41.7 Å². The lowest BCUT2D eigenvalue weighted by Crippen LogP contribution is -2.49. The highest BCUT2D eigenvalue weighted by atomic mass is 35.5. The minimum absolute atomic E-state index is 0.173. The third-order valence-electron chi connectivity index (χ3n) is 4.53. The molecular formula is C20H26ClN3O2. The van der Waals surface area contributed by atoms with E-state index in [-0.39, 0.29) is 12.1 Å². The standard InChI is InChI=1S/C20H26ClN3O2/c1-13(2)9-18-20(25-4)22-14(3)11-24(18)12-17-10-19(26-23-17)15-5-7-16(21)8-6-15/h5-8,10,13-14,18H,9,11-12H2,1-4H3/t14-,18+/m1/s1. The normalized spacial score (nSPS) is 21.1. The highest BCUT2D eigenvalue weighted by molar-refractivity contribution is 6.30. The van der Waals surface area contributed by atoms with Crippen molar-refractivity contribution in [1.82, 2.24) is 10.1 Å². The average Bonchev–Trinajstić information content (AvgIpc) is 3.05. The molecule has 0 N–H and O–H groups in total. The molecule has 2 heterocycles. The Morgan fingerprint density at radius 3 is 2.69 bits per heavy atom. The zero-order valence-corrected chi connectivity index (χ0v) is 16.5. The van der Waals surface area contributed by atoms with E-state index in [9.17, 15) is 0 Å². The maximum atomic E-state index is 5.96. The van der Waals surface area contributed by atoms with Gasteiger partial charge in [-0.05, 0) is 43.5 Å². The lowest BCUT2D eigenvalue weighted by Gasteiger charge is -2.37. The van der Waals surface area contributed by atoms with Crippen molar-refractivity contribution in [3.63, 3.8) is 0 Å². The molecule has 1 aliphatic rings. The quantitative estimate of drug-likeness (QED) is 0.762. The first kappa shape index (κ1) is 18.9. The summed E-state index contributed by atoms with van der Waals surface area (Å²) in [6.45, 7) is 8.14. The first-order valence-corrected chi connectivity index (χ1v) is 9.41. The number of aromatic nitrogens is 1. The summed E-state index contributed by atoms with van der Waals surface area (Å²) in [5.74, 6) is 2.12. The van der Waals surface area contributed by atoms with Crippen LogP contribution in [0.15, 0.2) is 39.8 Å². The average molecular weight is 376 g/mol. The Morgan fingerprint density at radius 2 is 2.04 bits per heavy atom. The van der Waals surface area contributed by atoms with Gasteiger partial charge in [-0.1, -0.05) is 30.6 Å². The Hall–Kier alpha value is -1.85. The first-order valence-electron chi connectivity index (χ1n) is 9.03. The molecule has 140 valence electrons. The molecule has 6 heteroatoms. The minimum Gasteiger partial charge on any atom is -0.483 e. The number of rotatable bonds is 5. The van der Waals surface area contributed by atoms with Crippen molar-refractivity contribution in [3.8, 4) is 11.3 Å². The molecule has 1 aromatic heterocycles. The van der Waals surface area contributed by atoms with E-state index in [1.54, 1.807) is 7.11 Å². The molecule has 0 amide bonds. The highest BCUT2D eigenvalue weighted by Gasteiger charge is 2.32. The summed E-state index contributed by atoms with van der Waals surface area (Å²) < 4.78 is 11.1. The Labute approximate surface area is 160 Å². The van der Waals surface area contributed by atoms with Gasteiger partial charge in [-0.3, -0.25) is 4.90 Å². The van der Waals surface area contributed by atoms with Gasteiger partial charge >= 0.3 is 0 Å². The van der Waals surface area contributed by atoms with Gasteiger partial charge in [0.2, 0.25) is 5.90 Å². The van der Waals surface area contributed by atoms with E-state index in [1.807, 2.05) is 30.3 Å². The Bertz CT molecular complexity index is 755. The monoisotopic (exact) mass is 375 g/mol. The second-order valence-electron chi connectivity index (χ2n) is 7.28. The maximum absolute atomic E-state index is 5.96. The van der Waals surface area contributed by atoms with Crippen molar-refractivity contribution in [2.45, 2.75) is 45.8 Å². The van der Waals surface area contributed by atoms with Gasteiger partial charge < -0.3 is 9.26 Å². The lowest BCUT2D eigenvalue weighted by molar-refractivity contribution is 0.158. The van der Waals surface area contributed by atoms with E-state index >= 15 is 0 Å². The van der Waals surface area contributed by atoms with Crippen LogP contribution in [0.3, 0.4) is 0 Å². The van der Waals surface area contributed by atoms with Crippen molar-refractivity contribution < 1.29 is 9.26 Å². The number of hydrogen-bond donors (Lipinski definition) is 0. The van der Waals surface area contributed by atoms with Crippen LogP contribution in [0.5, 0.6) is 0 Å². The second-order valence-corrected chi connectivity index (χ2v) is 7.72. The molecule has 0 saturated heterocycles. The summed E-state index contributed by atoms with van der Waals surface area (Å²) in [4.78, 5) is 7.07. The van der Waals surface area contributed by atoms with Gasteiger partial charge in [0.25, 0.3) is 0 Å². The van der Waals surface area contributed by atoms with Crippen LogP contribution in [0.1, 0.15) is 32.9 Å². The largest absolute Gasteiger partial charge is 0.483 e. The van der Waals surface area contributed by atoms with E-state index < -0.39 is 0 Å². The van der Waals surface area contributed by atoms with Crippen molar-refractivity contribution in [1.29, 1.82) is 0 Å². The molecule has 0 aliphatic carbocycles. The number of halogens is 1. The number of hydrogen-bond acceptors (Lipinski definition) is 5. The predicted molar refractivity (Wildman–Crippen MR) is 105 cm³/mol. The molecular weight excluding hydrogens is 350 g/mol. The summed E-state index contributed by atoms with van der Waals surface area (Å²) in [5.41, 5.74) is 1.88. The predicted octanol–water partition coefficient (Wildman–Crippen LogP) is 4.66. The molecule has 0 unspecified atom stereocenters. The van der Waals surface area contributed by atoms with Crippen LogP contribution < -0.4 is 0 Å². The second kappa shape index (κ2) is 8.23. The fourth-order valence-corrected chi connectivity index (χ4v) is 3.50. The van der Waals surface area contributed by atoms with E-state index in [1.165, 1.54) is 0 Å². The third kappa shape index (κ3) is 4.46. The molecule has 1 aromatic carbocycles. The molecule has 0 saturated carbocycles. The number of nitrogens with zero attached hydrogens (tertiary/aromatic N) is 3. The molecule has 26 heavy (non-hydrogen) atoms. The van der Waals surface area contributed by atoms with Crippen LogP contribution in [-0.2, 0) is 11.3 Å². The van der Waals surface area contributed by atoms with Crippen LogP contribution in [0.4, 0.5) is 0 Å². The van der Waals surface area contributed by atoms with Crippen LogP contribution in [0, 0.1) is 5.92 Å². The summed E-state index contributed by atoms with van der Waals surface area (Å²) >= 11 is 5.96. The molecule has 2 atom stereocenters.